The number of morpholine rings is 1. The van der Waals surface area contributed by atoms with Gasteiger partial charge in [-0.15, -0.1) is 0 Å². The summed E-state index contributed by atoms with van der Waals surface area (Å²) in [6.07, 6.45) is 1.83. The van der Waals surface area contributed by atoms with Gasteiger partial charge >= 0.3 is 6.03 Å². The summed E-state index contributed by atoms with van der Waals surface area (Å²) in [5, 5.41) is 2.98. The van der Waals surface area contributed by atoms with Crippen molar-refractivity contribution in [3.63, 3.8) is 0 Å². The number of urea groups is 1. The summed E-state index contributed by atoms with van der Waals surface area (Å²) in [5.41, 5.74) is 4.02. The molecule has 1 atom stereocenters. The van der Waals surface area contributed by atoms with E-state index < -0.39 is 5.92 Å². The first-order chi connectivity index (χ1) is 17.6. The number of Topliss-reactive ketones (excluding diaryl/α,β-unsaturated/α-hetero) is 1. The molecule has 36 heavy (non-hydrogen) atoms. The number of nitrogens with one attached hydrogen (secondary N) is 1. The fourth-order valence-corrected chi connectivity index (χ4v) is 4.60. The summed E-state index contributed by atoms with van der Waals surface area (Å²) in [6.45, 7) is 5.47. The molecule has 0 saturated carbocycles. The highest BCUT2D eigenvalue weighted by Gasteiger charge is 2.34. The standard InChI is InChI=1S/C29H30N4O3/c1-21-10-12-24(13-11-21)31-29(35)33-19-23(28(34)26(20-33)22-6-3-2-4-7-22)18-25-8-5-9-27(30-25)32-14-16-36-17-15-32/h2-13,18,26H,14-17,19-20H2,1H3,(H,31,35). The molecule has 3 heterocycles. The summed E-state index contributed by atoms with van der Waals surface area (Å²) < 4.78 is 5.45. The Balaban J connectivity index is 1.43. The SMILES string of the molecule is Cc1ccc(NC(=O)N2CC(=Cc3cccc(N4CCOCC4)n3)C(=O)C(c3ccccc3)C2)cc1. The third kappa shape index (κ3) is 5.47. The zero-order valence-corrected chi connectivity index (χ0v) is 20.4. The second-order valence-corrected chi connectivity index (χ2v) is 9.19. The molecule has 1 N–H and O–H groups in total. The Morgan fingerprint density at radius 2 is 1.75 bits per heavy atom. The number of aryl methyl sites for hydroxylation is 1. The number of pyridine rings is 1. The maximum atomic E-state index is 13.6. The molecule has 2 fully saturated rings. The monoisotopic (exact) mass is 482 g/mol. The van der Waals surface area contributed by atoms with E-state index in [4.69, 9.17) is 9.72 Å². The number of benzene rings is 2. The second kappa shape index (κ2) is 10.7. The highest BCUT2D eigenvalue weighted by Crippen LogP contribution is 2.29. The Kier molecular flexibility index (Phi) is 7.09. The average Bonchev–Trinajstić information content (AvgIpc) is 2.92. The number of anilines is 2. The predicted molar refractivity (Wildman–Crippen MR) is 141 cm³/mol. The number of nitrogens with zero attached hydrogens (tertiary/aromatic N) is 3. The van der Waals surface area contributed by atoms with Crippen LogP contribution in [-0.2, 0) is 9.53 Å². The lowest BCUT2D eigenvalue weighted by molar-refractivity contribution is -0.118. The summed E-state index contributed by atoms with van der Waals surface area (Å²) in [6, 6.07) is 22.9. The molecule has 2 aliphatic rings. The van der Waals surface area contributed by atoms with Gasteiger partial charge in [-0.1, -0.05) is 54.1 Å². The number of ketones is 1. The number of piperidine rings is 1. The van der Waals surface area contributed by atoms with Crippen molar-refractivity contribution in [2.75, 3.05) is 49.6 Å². The molecule has 2 amide bonds. The molecule has 184 valence electrons. The molecular formula is C29H30N4O3. The molecule has 2 aromatic carbocycles. The van der Waals surface area contributed by atoms with E-state index >= 15 is 0 Å². The van der Waals surface area contributed by atoms with Crippen molar-refractivity contribution in [2.45, 2.75) is 12.8 Å². The Labute approximate surface area is 211 Å². The number of ether oxygens (including phenoxy) is 1. The van der Waals surface area contributed by atoms with Crippen molar-refractivity contribution >= 4 is 29.4 Å². The summed E-state index contributed by atoms with van der Waals surface area (Å²) in [4.78, 5) is 35.5. The van der Waals surface area contributed by atoms with Crippen LogP contribution in [0.15, 0.2) is 78.4 Å². The molecule has 1 unspecified atom stereocenters. The molecule has 7 heteroatoms. The van der Waals surface area contributed by atoms with E-state index in [1.165, 1.54) is 0 Å². The Hall–Kier alpha value is -3.97. The minimum Gasteiger partial charge on any atom is -0.378 e. The third-order valence-corrected chi connectivity index (χ3v) is 6.60. The lowest BCUT2D eigenvalue weighted by atomic mass is 9.86. The third-order valence-electron chi connectivity index (χ3n) is 6.60. The number of hydrogen-bond donors (Lipinski definition) is 1. The normalized spacial score (nSPS) is 19.4. The van der Waals surface area contributed by atoms with Gasteiger partial charge in [0.25, 0.3) is 0 Å². The van der Waals surface area contributed by atoms with E-state index in [-0.39, 0.29) is 18.4 Å². The summed E-state index contributed by atoms with van der Waals surface area (Å²) in [7, 11) is 0. The molecule has 3 aromatic rings. The van der Waals surface area contributed by atoms with Crippen LogP contribution in [0.25, 0.3) is 6.08 Å². The number of aromatic nitrogens is 1. The minimum absolute atomic E-state index is 0.0270. The fraction of sp³-hybridized carbons (Fsp3) is 0.276. The van der Waals surface area contributed by atoms with Gasteiger partial charge in [0.05, 0.1) is 31.4 Å². The highest BCUT2D eigenvalue weighted by atomic mass is 16.5. The lowest BCUT2D eigenvalue weighted by Gasteiger charge is -2.33. The van der Waals surface area contributed by atoms with Gasteiger partial charge in [-0.05, 0) is 42.8 Å². The maximum absolute atomic E-state index is 13.6. The van der Waals surface area contributed by atoms with Crippen molar-refractivity contribution in [2.24, 2.45) is 0 Å². The van der Waals surface area contributed by atoms with Gasteiger partial charge in [-0.3, -0.25) is 4.79 Å². The van der Waals surface area contributed by atoms with Gasteiger partial charge in [0.15, 0.2) is 5.78 Å². The topological polar surface area (TPSA) is 74.8 Å². The molecular weight excluding hydrogens is 452 g/mol. The van der Waals surface area contributed by atoms with E-state index in [1.807, 2.05) is 85.8 Å². The van der Waals surface area contributed by atoms with Crippen LogP contribution in [-0.4, -0.2) is 61.1 Å². The Morgan fingerprint density at radius 1 is 1.00 bits per heavy atom. The van der Waals surface area contributed by atoms with E-state index in [0.29, 0.717) is 31.0 Å². The number of amides is 2. The number of rotatable bonds is 4. The minimum atomic E-state index is -0.433. The second-order valence-electron chi connectivity index (χ2n) is 9.19. The smallest absolute Gasteiger partial charge is 0.322 e. The number of carbonyl (C=O) groups is 2. The highest BCUT2D eigenvalue weighted by molar-refractivity contribution is 6.06. The van der Waals surface area contributed by atoms with E-state index in [1.54, 1.807) is 4.90 Å². The van der Waals surface area contributed by atoms with Crippen molar-refractivity contribution in [1.29, 1.82) is 0 Å². The molecule has 5 rings (SSSR count). The molecule has 0 bridgehead atoms. The average molecular weight is 483 g/mol. The zero-order valence-electron chi connectivity index (χ0n) is 20.4. The van der Waals surface area contributed by atoms with Crippen LogP contribution in [0.5, 0.6) is 0 Å². The first kappa shape index (κ1) is 23.8. The molecule has 2 aliphatic heterocycles. The van der Waals surface area contributed by atoms with Crippen molar-refractivity contribution in [3.05, 3.63) is 95.2 Å². The van der Waals surface area contributed by atoms with Crippen LogP contribution in [0.3, 0.4) is 0 Å². The largest absolute Gasteiger partial charge is 0.378 e. The number of likely N-dealkylation sites (tertiary alicyclic amines) is 1. The van der Waals surface area contributed by atoms with Gasteiger partial charge < -0.3 is 19.9 Å². The Morgan fingerprint density at radius 3 is 2.50 bits per heavy atom. The molecule has 2 saturated heterocycles. The quantitative estimate of drug-likeness (QED) is 0.554. The van der Waals surface area contributed by atoms with Crippen molar-refractivity contribution in [1.82, 2.24) is 9.88 Å². The maximum Gasteiger partial charge on any atom is 0.322 e. The van der Waals surface area contributed by atoms with Crippen LogP contribution < -0.4 is 10.2 Å². The first-order valence-electron chi connectivity index (χ1n) is 12.3. The van der Waals surface area contributed by atoms with Crippen molar-refractivity contribution < 1.29 is 14.3 Å². The van der Waals surface area contributed by atoms with E-state index in [2.05, 4.69) is 10.2 Å². The molecule has 0 spiro atoms. The van der Waals surface area contributed by atoms with Gasteiger partial charge in [-0.25, -0.2) is 9.78 Å². The van der Waals surface area contributed by atoms with Gasteiger partial charge in [0, 0.05) is 30.9 Å². The van der Waals surface area contributed by atoms with Crippen LogP contribution in [0.4, 0.5) is 16.3 Å². The first-order valence-corrected chi connectivity index (χ1v) is 12.3. The molecule has 0 radical (unpaired) electrons. The number of carbonyl (C=O) groups excluding carboxylic acids is 2. The molecule has 0 aliphatic carbocycles. The van der Waals surface area contributed by atoms with E-state index in [0.717, 1.165) is 35.7 Å². The summed E-state index contributed by atoms with van der Waals surface area (Å²) >= 11 is 0. The molecule has 1 aromatic heterocycles. The lowest BCUT2D eigenvalue weighted by Crippen LogP contribution is -2.46. The Bertz CT molecular complexity index is 1250. The zero-order chi connectivity index (χ0) is 24.9. The summed E-state index contributed by atoms with van der Waals surface area (Å²) in [5.74, 6) is 0.459. The van der Waals surface area contributed by atoms with Gasteiger partial charge in [-0.2, -0.15) is 0 Å². The predicted octanol–water partition coefficient (Wildman–Crippen LogP) is 4.51. The van der Waals surface area contributed by atoms with E-state index in [9.17, 15) is 9.59 Å². The van der Waals surface area contributed by atoms with Gasteiger partial charge in [0.1, 0.15) is 5.82 Å². The van der Waals surface area contributed by atoms with Crippen LogP contribution in [0.2, 0.25) is 0 Å². The van der Waals surface area contributed by atoms with Crippen LogP contribution in [0.1, 0.15) is 22.7 Å². The fourth-order valence-electron chi connectivity index (χ4n) is 4.60. The molecule has 7 nitrogen and oxygen atoms in total. The van der Waals surface area contributed by atoms with Crippen LogP contribution in [0, 0.1) is 6.92 Å². The van der Waals surface area contributed by atoms with Gasteiger partial charge in [0.2, 0.25) is 0 Å². The number of hydrogen-bond acceptors (Lipinski definition) is 5. The van der Waals surface area contributed by atoms with Crippen molar-refractivity contribution in [3.8, 4) is 0 Å². The van der Waals surface area contributed by atoms with Crippen LogP contribution >= 0.6 is 0 Å².